The molecule has 1 unspecified atom stereocenters. The van der Waals surface area contributed by atoms with Crippen LogP contribution in [-0.4, -0.2) is 6.54 Å². The average Bonchev–Trinajstić information content (AvgIpc) is 2.73. The van der Waals surface area contributed by atoms with E-state index in [0.717, 1.165) is 17.9 Å². The van der Waals surface area contributed by atoms with Crippen LogP contribution in [0.15, 0.2) is 34.9 Å². The molecule has 1 aromatic carbocycles. The van der Waals surface area contributed by atoms with E-state index in [1.54, 1.807) is 18.4 Å². The van der Waals surface area contributed by atoms with Crippen molar-refractivity contribution in [2.75, 3.05) is 6.54 Å². The van der Waals surface area contributed by atoms with Crippen molar-refractivity contribution in [3.05, 3.63) is 58.3 Å². The summed E-state index contributed by atoms with van der Waals surface area (Å²) >= 11 is 5.77. The van der Waals surface area contributed by atoms with Crippen molar-refractivity contribution in [1.82, 2.24) is 5.32 Å². The molecule has 0 saturated heterocycles. The lowest BCUT2D eigenvalue weighted by Crippen LogP contribution is -2.22. The molecular weight excluding hydrogens is 253 g/mol. The number of hydrogen-bond donors (Lipinski definition) is 1. The zero-order chi connectivity index (χ0) is 13.1. The Hall–Kier alpha value is -1.32. The topological polar surface area (TPSA) is 25.2 Å². The van der Waals surface area contributed by atoms with Gasteiger partial charge in [0.15, 0.2) is 0 Å². The maximum atomic E-state index is 14.0. The third-order valence-corrected chi connectivity index (χ3v) is 3.00. The van der Waals surface area contributed by atoms with Crippen molar-refractivity contribution in [2.45, 2.75) is 19.9 Å². The second kappa shape index (κ2) is 5.55. The first-order valence-electron chi connectivity index (χ1n) is 5.85. The highest BCUT2D eigenvalue weighted by molar-refractivity contribution is 6.30. The summed E-state index contributed by atoms with van der Waals surface area (Å²) in [4.78, 5) is 0. The molecule has 0 aliphatic carbocycles. The van der Waals surface area contributed by atoms with Crippen LogP contribution in [0, 0.1) is 12.7 Å². The van der Waals surface area contributed by atoms with Crippen LogP contribution >= 0.6 is 11.6 Å². The predicted octanol–water partition coefficient (Wildman–Crippen LogP) is 4.08. The van der Waals surface area contributed by atoms with Gasteiger partial charge >= 0.3 is 0 Å². The molecule has 1 N–H and O–H groups in total. The molecule has 0 aliphatic rings. The molecule has 0 aliphatic heterocycles. The van der Waals surface area contributed by atoms with E-state index < -0.39 is 0 Å². The minimum atomic E-state index is -0.313. The fourth-order valence-electron chi connectivity index (χ4n) is 1.96. The highest BCUT2D eigenvalue weighted by atomic mass is 35.5. The van der Waals surface area contributed by atoms with Crippen LogP contribution < -0.4 is 5.32 Å². The summed E-state index contributed by atoms with van der Waals surface area (Å²) < 4.78 is 19.2. The van der Waals surface area contributed by atoms with Gasteiger partial charge in [0, 0.05) is 16.1 Å². The number of furan rings is 1. The smallest absolute Gasteiger partial charge is 0.129 e. The fourth-order valence-corrected chi connectivity index (χ4v) is 2.12. The summed E-state index contributed by atoms with van der Waals surface area (Å²) in [7, 11) is 0. The van der Waals surface area contributed by atoms with Gasteiger partial charge in [-0.05, 0) is 31.7 Å². The Morgan fingerprint density at radius 2 is 2.17 bits per heavy atom. The molecule has 0 radical (unpaired) electrons. The number of aryl methyl sites for hydroxylation is 1. The first-order chi connectivity index (χ1) is 8.61. The van der Waals surface area contributed by atoms with Gasteiger partial charge in [0.1, 0.15) is 11.6 Å². The molecule has 2 aromatic rings. The van der Waals surface area contributed by atoms with E-state index in [2.05, 4.69) is 5.32 Å². The normalized spacial score (nSPS) is 12.7. The summed E-state index contributed by atoms with van der Waals surface area (Å²) in [5.41, 5.74) is 1.48. The third kappa shape index (κ3) is 2.74. The molecule has 18 heavy (non-hydrogen) atoms. The Kier molecular flexibility index (Phi) is 4.04. The molecule has 1 heterocycles. The second-order valence-corrected chi connectivity index (χ2v) is 4.58. The van der Waals surface area contributed by atoms with Gasteiger partial charge in [0.2, 0.25) is 0 Å². The maximum Gasteiger partial charge on any atom is 0.129 e. The Morgan fingerprint density at radius 1 is 1.39 bits per heavy atom. The number of halogens is 2. The molecule has 4 heteroatoms. The second-order valence-electron chi connectivity index (χ2n) is 4.15. The third-order valence-electron chi connectivity index (χ3n) is 2.77. The Balaban J connectivity index is 2.41. The van der Waals surface area contributed by atoms with Crippen LogP contribution in [0.4, 0.5) is 4.39 Å². The SMILES string of the molecule is CCNC(c1coc(C)c1)c1ccc(Cl)cc1F. The minimum Gasteiger partial charge on any atom is -0.469 e. The van der Waals surface area contributed by atoms with Crippen LogP contribution in [-0.2, 0) is 0 Å². The van der Waals surface area contributed by atoms with Crippen molar-refractivity contribution >= 4 is 11.6 Å². The van der Waals surface area contributed by atoms with Crippen LogP contribution in [0.2, 0.25) is 5.02 Å². The first-order valence-corrected chi connectivity index (χ1v) is 6.23. The molecule has 1 aromatic heterocycles. The first kappa shape index (κ1) is 13.1. The molecular formula is C14H15ClFNO. The Labute approximate surface area is 111 Å². The van der Waals surface area contributed by atoms with Crippen molar-refractivity contribution in [2.24, 2.45) is 0 Å². The van der Waals surface area contributed by atoms with Crippen molar-refractivity contribution < 1.29 is 8.81 Å². The van der Waals surface area contributed by atoms with Crippen LogP contribution in [0.25, 0.3) is 0 Å². The van der Waals surface area contributed by atoms with E-state index in [1.807, 2.05) is 19.9 Å². The lowest BCUT2D eigenvalue weighted by atomic mass is 10.0. The molecule has 96 valence electrons. The molecule has 2 nitrogen and oxygen atoms in total. The summed E-state index contributed by atoms with van der Waals surface area (Å²) in [6.07, 6.45) is 1.65. The van der Waals surface area contributed by atoms with Crippen molar-refractivity contribution in [3.8, 4) is 0 Å². The van der Waals surface area contributed by atoms with Gasteiger partial charge in [-0.25, -0.2) is 4.39 Å². The number of benzene rings is 1. The summed E-state index contributed by atoms with van der Waals surface area (Å²) in [6, 6.07) is 6.41. The van der Waals surface area contributed by atoms with E-state index in [9.17, 15) is 4.39 Å². The molecule has 0 fully saturated rings. The Bertz CT molecular complexity index is 538. The quantitative estimate of drug-likeness (QED) is 0.903. The maximum absolute atomic E-state index is 14.0. The van der Waals surface area contributed by atoms with Gasteiger partial charge in [0.25, 0.3) is 0 Å². The van der Waals surface area contributed by atoms with E-state index in [4.69, 9.17) is 16.0 Å². The zero-order valence-electron chi connectivity index (χ0n) is 10.3. The van der Waals surface area contributed by atoms with Crippen molar-refractivity contribution in [1.29, 1.82) is 0 Å². The minimum absolute atomic E-state index is 0.218. The van der Waals surface area contributed by atoms with E-state index in [0.29, 0.717) is 10.6 Å². The van der Waals surface area contributed by atoms with Crippen molar-refractivity contribution in [3.63, 3.8) is 0 Å². The van der Waals surface area contributed by atoms with Crippen LogP contribution in [0.5, 0.6) is 0 Å². The highest BCUT2D eigenvalue weighted by Crippen LogP contribution is 2.27. The van der Waals surface area contributed by atoms with E-state index in [1.165, 1.54) is 6.07 Å². The van der Waals surface area contributed by atoms with Gasteiger partial charge in [-0.1, -0.05) is 24.6 Å². The Morgan fingerprint density at radius 3 is 2.72 bits per heavy atom. The van der Waals surface area contributed by atoms with Gasteiger partial charge in [-0.3, -0.25) is 0 Å². The molecule has 2 rings (SSSR count). The van der Waals surface area contributed by atoms with E-state index >= 15 is 0 Å². The van der Waals surface area contributed by atoms with Crippen LogP contribution in [0.1, 0.15) is 29.9 Å². The number of rotatable bonds is 4. The van der Waals surface area contributed by atoms with Crippen LogP contribution in [0.3, 0.4) is 0 Å². The molecule has 1 atom stereocenters. The predicted molar refractivity (Wildman–Crippen MR) is 70.4 cm³/mol. The highest BCUT2D eigenvalue weighted by Gasteiger charge is 2.18. The molecule has 0 spiro atoms. The summed E-state index contributed by atoms with van der Waals surface area (Å²) in [6.45, 7) is 4.58. The number of hydrogen-bond acceptors (Lipinski definition) is 2. The monoisotopic (exact) mass is 267 g/mol. The lowest BCUT2D eigenvalue weighted by molar-refractivity contribution is 0.520. The molecule has 0 bridgehead atoms. The standard InChI is InChI=1S/C14H15ClFNO/c1-3-17-14(10-6-9(2)18-8-10)12-5-4-11(15)7-13(12)16/h4-8,14,17H,3H2,1-2H3. The zero-order valence-corrected chi connectivity index (χ0v) is 11.1. The molecule has 0 saturated carbocycles. The van der Waals surface area contributed by atoms with Gasteiger partial charge < -0.3 is 9.73 Å². The van der Waals surface area contributed by atoms with Gasteiger partial charge in [0.05, 0.1) is 12.3 Å². The van der Waals surface area contributed by atoms with Gasteiger partial charge in [-0.2, -0.15) is 0 Å². The summed E-state index contributed by atoms with van der Waals surface area (Å²) in [5, 5.41) is 3.64. The fraction of sp³-hybridized carbons (Fsp3) is 0.286. The average molecular weight is 268 g/mol. The summed E-state index contributed by atoms with van der Waals surface area (Å²) in [5.74, 6) is 0.495. The lowest BCUT2D eigenvalue weighted by Gasteiger charge is -2.17. The van der Waals surface area contributed by atoms with E-state index in [-0.39, 0.29) is 11.9 Å². The number of nitrogens with one attached hydrogen (secondary N) is 1. The largest absolute Gasteiger partial charge is 0.469 e. The van der Waals surface area contributed by atoms with Gasteiger partial charge in [-0.15, -0.1) is 0 Å². The molecule has 0 amide bonds.